The van der Waals surface area contributed by atoms with Crippen LogP contribution in [0.4, 0.5) is 0 Å². The van der Waals surface area contributed by atoms with E-state index < -0.39 is 0 Å². The fourth-order valence-corrected chi connectivity index (χ4v) is 3.95. The lowest BCUT2D eigenvalue weighted by Gasteiger charge is -2.35. The van der Waals surface area contributed by atoms with Gasteiger partial charge in [-0.05, 0) is 44.4 Å². The second kappa shape index (κ2) is 5.14. The third-order valence-corrected chi connectivity index (χ3v) is 5.21. The van der Waals surface area contributed by atoms with Crippen molar-refractivity contribution in [2.45, 2.75) is 64.0 Å². The Hall–Kier alpha value is -1.06. The zero-order valence-corrected chi connectivity index (χ0v) is 11.7. The molecule has 2 atom stereocenters. The summed E-state index contributed by atoms with van der Waals surface area (Å²) < 4.78 is 0. The molecule has 0 bridgehead atoms. The van der Waals surface area contributed by atoms with Crippen molar-refractivity contribution in [2.75, 3.05) is 6.54 Å². The molecule has 1 saturated carbocycles. The van der Waals surface area contributed by atoms with Crippen LogP contribution in [0.25, 0.3) is 0 Å². The lowest BCUT2D eigenvalue weighted by atomic mass is 9.82. The first-order chi connectivity index (χ1) is 9.15. The van der Waals surface area contributed by atoms with Crippen molar-refractivity contribution in [1.29, 1.82) is 0 Å². The number of carbonyl (C=O) groups excluding carboxylic acids is 2. The molecule has 4 nitrogen and oxygen atoms in total. The Morgan fingerprint density at radius 2 is 1.89 bits per heavy atom. The van der Waals surface area contributed by atoms with E-state index in [0.717, 1.165) is 38.1 Å². The molecule has 3 rings (SSSR count). The number of piperidine rings is 1. The molecule has 0 unspecified atom stereocenters. The minimum Gasteiger partial charge on any atom is -0.351 e. The van der Waals surface area contributed by atoms with Gasteiger partial charge in [0.25, 0.3) is 0 Å². The quantitative estimate of drug-likeness (QED) is 0.783. The van der Waals surface area contributed by atoms with E-state index in [-0.39, 0.29) is 23.9 Å². The average Bonchev–Trinajstić information content (AvgIpc) is 2.81. The second-order valence-corrected chi connectivity index (χ2v) is 6.56. The van der Waals surface area contributed by atoms with Gasteiger partial charge in [-0.25, -0.2) is 0 Å². The maximum Gasteiger partial charge on any atom is 0.226 e. The number of hydrogen-bond donors (Lipinski definition) is 1. The van der Waals surface area contributed by atoms with Crippen molar-refractivity contribution in [1.82, 2.24) is 10.2 Å². The molecule has 0 aromatic rings. The van der Waals surface area contributed by atoms with Crippen molar-refractivity contribution in [2.24, 2.45) is 11.8 Å². The summed E-state index contributed by atoms with van der Waals surface area (Å²) in [6.45, 7) is 3.11. The van der Waals surface area contributed by atoms with Crippen LogP contribution in [-0.2, 0) is 9.59 Å². The molecule has 0 aromatic heterocycles. The van der Waals surface area contributed by atoms with Crippen LogP contribution in [0.5, 0.6) is 0 Å². The SMILES string of the molecule is CC1CCC(C(=O)N2CC[C@@H]3NC(=O)CC[C@@H]32)CC1. The lowest BCUT2D eigenvalue weighted by molar-refractivity contribution is -0.139. The van der Waals surface area contributed by atoms with Crippen molar-refractivity contribution in [3.05, 3.63) is 0 Å². The Morgan fingerprint density at radius 1 is 1.16 bits per heavy atom. The standard InChI is InChI=1S/C15H24N2O2/c1-10-2-4-11(5-3-10)15(19)17-9-8-12-13(17)6-7-14(18)16-12/h10-13H,2-9H2,1H3,(H,16,18)/t10?,11?,12-,13-/m0/s1. The normalized spacial score (nSPS) is 38.8. The summed E-state index contributed by atoms with van der Waals surface area (Å²) in [5.41, 5.74) is 0. The highest BCUT2D eigenvalue weighted by molar-refractivity contribution is 5.81. The van der Waals surface area contributed by atoms with E-state index in [2.05, 4.69) is 17.1 Å². The number of nitrogens with zero attached hydrogens (tertiary/aromatic N) is 1. The molecule has 0 radical (unpaired) electrons. The van der Waals surface area contributed by atoms with Gasteiger partial charge in [-0.15, -0.1) is 0 Å². The van der Waals surface area contributed by atoms with Crippen LogP contribution in [0.1, 0.15) is 51.9 Å². The molecule has 3 aliphatic rings. The van der Waals surface area contributed by atoms with Crippen molar-refractivity contribution in [3.8, 4) is 0 Å². The van der Waals surface area contributed by atoms with Gasteiger partial charge in [0.05, 0.1) is 12.1 Å². The maximum absolute atomic E-state index is 12.7. The van der Waals surface area contributed by atoms with Crippen LogP contribution in [0.2, 0.25) is 0 Å². The van der Waals surface area contributed by atoms with Crippen molar-refractivity contribution < 1.29 is 9.59 Å². The van der Waals surface area contributed by atoms with Crippen LogP contribution in [0.3, 0.4) is 0 Å². The molecule has 3 fully saturated rings. The van der Waals surface area contributed by atoms with Crippen molar-refractivity contribution in [3.63, 3.8) is 0 Å². The smallest absolute Gasteiger partial charge is 0.226 e. The molecule has 106 valence electrons. The van der Waals surface area contributed by atoms with E-state index in [1.807, 2.05) is 0 Å². The van der Waals surface area contributed by atoms with Crippen LogP contribution < -0.4 is 5.32 Å². The van der Waals surface area contributed by atoms with Gasteiger partial charge in [0.15, 0.2) is 0 Å². The molecule has 1 N–H and O–H groups in total. The average molecular weight is 264 g/mol. The largest absolute Gasteiger partial charge is 0.351 e. The third-order valence-electron chi connectivity index (χ3n) is 5.21. The Labute approximate surface area is 114 Å². The van der Waals surface area contributed by atoms with Crippen LogP contribution in [0, 0.1) is 11.8 Å². The summed E-state index contributed by atoms with van der Waals surface area (Å²) >= 11 is 0. The number of carbonyl (C=O) groups is 2. The van der Waals surface area contributed by atoms with Gasteiger partial charge in [-0.3, -0.25) is 9.59 Å². The molecule has 2 heterocycles. The van der Waals surface area contributed by atoms with E-state index in [1.54, 1.807) is 0 Å². The highest BCUT2D eigenvalue weighted by atomic mass is 16.2. The summed E-state index contributed by atoms with van der Waals surface area (Å²) in [7, 11) is 0. The summed E-state index contributed by atoms with van der Waals surface area (Å²) in [5, 5.41) is 3.04. The number of nitrogens with one attached hydrogen (secondary N) is 1. The van der Waals surface area contributed by atoms with E-state index in [1.165, 1.54) is 12.8 Å². The molecule has 0 spiro atoms. The summed E-state index contributed by atoms with van der Waals surface area (Å²) in [4.78, 5) is 26.1. The predicted molar refractivity (Wildman–Crippen MR) is 72.4 cm³/mol. The predicted octanol–water partition coefficient (Wildman–Crippen LogP) is 1.69. The summed E-state index contributed by atoms with van der Waals surface area (Å²) in [5.74, 6) is 1.54. The molecule has 2 amide bonds. The van der Waals surface area contributed by atoms with E-state index in [9.17, 15) is 9.59 Å². The first kappa shape index (κ1) is 12.9. The number of likely N-dealkylation sites (tertiary alicyclic amines) is 1. The van der Waals surface area contributed by atoms with Gasteiger partial charge < -0.3 is 10.2 Å². The third kappa shape index (κ3) is 2.49. The fraction of sp³-hybridized carbons (Fsp3) is 0.867. The van der Waals surface area contributed by atoms with E-state index in [4.69, 9.17) is 0 Å². The molecule has 4 heteroatoms. The topological polar surface area (TPSA) is 49.4 Å². The van der Waals surface area contributed by atoms with Crippen LogP contribution in [-0.4, -0.2) is 35.3 Å². The van der Waals surface area contributed by atoms with Crippen LogP contribution >= 0.6 is 0 Å². The number of amides is 2. The molecule has 2 aliphatic heterocycles. The Kier molecular flexibility index (Phi) is 3.50. The minimum absolute atomic E-state index is 0.155. The second-order valence-electron chi connectivity index (χ2n) is 6.56. The monoisotopic (exact) mass is 264 g/mol. The molecular formula is C15H24N2O2. The molecule has 0 aromatic carbocycles. The maximum atomic E-state index is 12.7. The van der Waals surface area contributed by atoms with E-state index in [0.29, 0.717) is 12.3 Å². The Bertz CT molecular complexity index is 374. The minimum atomic E-state index is 0.155. The molecule has 2 saturated heterocycles. The fourth-order valence-electron chi connectivity index (χ4n) is 3.95. The van der Waals surface area contributed by atoms with Crippen molar-refractivity contribution >= 4 is 11.8 Å². The highest BCUT2D eigenvalue weighted by Gasteiger charge is 2.42. The Balaban J connectivity index is 1.63. The van der Waals surface area contributed by atoms with Gasteiger partial charge in [0, 0.05) is 18.9 Å². The highest BCUT2D eigenvalue weighted by Crippen LogP contribution is 2.33. The summed E-state index contributed by atoms with van der Waals surface area (Å²) in [6, 6.07) is 0.484. The lowest BCUT2D eigenvalue weighted by Crippen LogP contribution is -2.52. The van der Waals surface area contributed by atoms with Gasteiger partial charge >= 0.3 is 0 Å². The first-order valence-electron chi connectivity index (χ1n) is 7.75. The number of hydrogen-bond acceptors (Lipinski definition) is 2. The van der Waals surface area contributed by atoms with Crippen LogP contribution in [0.15, 0.2) is 0 Å². The molecule has 1 aliphatic carbocycles. The first-order valence-corrected chi connectivity index (χ1v) is 7.75. The van der Waals surface area contributed by atoms with Gasteiger partial charge in [0.2, 0.25) is 11.8 Å². The van der Waals surface area contributed by atoms with Gasteiger partial charge in [-0.1, -0.05) is 6.92 Å². The molecular weight excluding hydrogens is 240 g/mol. The van der Waals surface area contributed by atoms with Gasteiger partial charge in [-0.2, -0.15) is 0 Å². The zero-order valence-electron chi connectivity index (χ0n) is 11.7. The zero-order chi connectivity index (χ0) is 13.4. The Morgan fingerprint density at radius 3 is 2.63 bits per heavy atom. The number of rotatable bonds is 1. The van der Waals surface area contributed by atoms with Gasteiger partial charge in [0.1, 0.15) is 0 Å². The summed E-state index contributed by atoms with van der Waals surface area (Å²) in [6.07, 6.45) is 6.86. The molecule has 19 heavy (non-hydrogen) atoms. The van der Waals surface area contributed by atoms with E-state index >= 15 is 0 Å². The number of fused-ring (bicyclic) bond motifs is 1.